The topological polar surface area (TPSA) is 48.1 Å². The first-order chi connectivity index (χ1) is 9.76. The lowest BCUT2D eigenvalue weighted by atomic mass is 9.92. The molecule has 4 heteroatoms. The number of aryl methyl sites for hydroxylation is 2. The van der Waals surface area contributed by atoms with Crippen LogP contribution in [0.1, 0.15) is 29.5 Å². The Kier molecular flexibility index (Phi) is 4.03. The molecular weight excluding hydrogens is 316 g/mol. The predicted molar refractivity (Wildman–Crippen MR) is 83.0 cm³/mol. The summed E-state index contributed by atoms with van der Waals surface area (Å²) in [4.78, 5) is 4.31. The van der Waals surface area contributed by atoms with Gasteiger partial charge in [0.1, 0.15) is 5.75 Å². The number of rotatable bonds is 3. The third kappa shape index (κ3) is 2.86. The summed E-state index contributed by atoms with van der Waals surface area (Å²) in [6.45, 7) is 0.409. The molecule has 2 aromatic rings. The smallest absolute Gasteiger partial charge is 0.223 e. The van der Waals surface area contributed by atoms with Crippen LogP contribution in [-0.2, 0) is 19.4 Å². The molecule has 1 aliphatic carbocycles. The second-order valence-electron chi connectivity index (χ2n) is 5.06. The van der Waals surface area contributed by atoms with Crippen LogP contribution in [0, 0.1) is 0 Å². The lowest BCUT2D eigenvalue weighted by Gasteiger charge is -2.17. The summed E-state index contributed by atoms with van der Waals surface area (Å²) in [7, 11) is 0. The zero-order valence-corrected chi connectivity index (χ0v) is 12.8. The number of ether oxygens (including phenoxy) is 1. The maximum atomic E-state index is 5.91. The summed E-state index contributed by atoms with van der Waals surface area (Å²) in [5.41, 5.74) is 9.50. The first kappa shape index (κ1) is 13.6. The Balaban J connectivity index is 1.87. The predicted octanol–water partition coefficient (Wildman–Crippen LogP) is 3.97. The van der Waals surface area contributed by atoms with E-state index in [1.165, 1.54) is 30.4 Å². The number of benzene rings is 1. The van der Waals surface area contributed by atoms with E-state index in [2.05, 4.69) is 33.0 Å². The number of hydrogen-bond donors (Lipinski definition) is 1. The number of aromatic nitrogens is 1. The zero-order valence-electron chi connectivity index (χ0n) is 11.2. The van der Waals surface area contributed by atoms with Crippen molar-refractivity contribution >= 4 is 15.9 Å². The van der Waals surface area contributed by atoms with Crippen LogP contribution in [0.3, 0.4) is 0 Å². The highest BCUT2D eigenvalue weighted by Crippen LogP contribution is 2.29. The fourth-order valence-electron chi connectivity index (χ4n) is 2.59. The van der Waals surface area contributed by atoms with Gasteiger partial charge in [0.15, 0.2) is 0 Å². The van der Waals surface area contributed by atoms with E-state index in [9.17, 15) is 0 Å². The van der Waals surface area contributed by atoms with Crippen molar-refractivity contribution < 1.29 is 4.74 Å². The summed E-state index contributed by atoms with van der Waals surface area (Å²) >= 11 is 3.40. The van der Waals surface area contributed by atoms with Crippen LogP contribution < -0.4 is 10.5 Å². The molecule has 0 fully saturated rings. The van der Waals surface area contributed by atoms with Crippen molar-refractivity contribution in [1.29, 1.82) is 0 Å². The molecule has 20 heavy (non-hydrogen) atoms. The molecule has 1 aromatic heterocycles. The van der Waals surface area contributed by atoms with Gasteiger partial charge in [-0.2, -0.15) is 0 Å². The number of halogens is 1. The van der Waals surface area contributed by atoms with Crippen molar-refractivity contribution in [3.8, 4) is 11.6 Å². The lowest BCUT2D eigenvalue weighted by Crippen LogP contribution is -2.04. The highest BCUT2D eigenvalue weighted by molar-refractivity contribution is 9.10. The molecule has 0 aliphatic heterocycles. The molecule has 3 nitrogen and oxygen atoms in total. The Morgan fingerprint density at radius 3 is 2.75 bits per heavy atom. The largest absolute Gasteiger partial charge is 0.439 e. The van der Waals surface area contributed by atoms with Crippen LogP contribution in [0.4, 0.5) is 0 Å². The molecule has 0 amide bonds. The molecule has 3 rings (SSSR count). The van der Waals surface area contributed by atoms with Gasteiger partial charge in [-0.05, 0) is 70.9 Å². The highest BCUT2D eigenvalue weighted by Gasteiger charge is 2.12. The van der Waals surface area contributed by atoms with Crippen LogP contribution in [0.25, 0.3) is 0 Å². The van der Waals surface area contributed by atoms with Crippen molar-refractivity contribution in [3.05, 3.63) is 51.6 Å². The standard InChI is InChI=1S/C16H17BrN2O/c17-14-7-13(9-18)16(19-10-14)20-15-6-5-11-3-1-2-4-12(11)8-15/h5-8,10H,1-4,9,18H2. The number of nitrogens with zero attached hydrogens (tertiary/aromatic N) is 1. The molecule has 0 radical (unpaired) electrons. The minimum atomic E-state index is 0.409. The average Bonchev–Trinajstić information content (AvgIpc) is 2.49. The Labute approximate surface area is 127 Å². The van der Waals surface area contributed by atoms with Gasteiger partial charge in [0, 0.05) is 22.8 Å². The van der Waals surface area contributed by atoms with Gasteiger partial charge in [0.2, 0.25) is 5.88 Å². The first-order valence-corrected chi connectivity index (χ1v) is 7.70. The minimum absolute atomic E-state index is 0.409. The quantitative estimate of drug-likeness (QED) is 0.924. The van der Waals surface area contributed by atoms with E-state index >= 15 is 0 Å². The normalized spacial score (nSPS) is 13.9. The number of fused-ring (bicyclic) bond motifs is 1. The highest BCUT2D eigenvalue weighted by atomic mass is 79.9. The Bertz CT molecular complexity index is 628. The molecule has 1 heterocycles. The van der Waals surface area contributed by atoms with E-state index in [0.29, 0.717) is 12.4 Å². The SMILES string of the molecule is NCc1cc(Br)cnc1Oc1ccc2c(c1)CCCC2. The molecule has 0 saturated carbocycles. The maximum Gasteiger partial charge on any atom is 0.223 e. The van der Waals surface area contributed by atoms with Gasteiger partial charge < -0.3 is 10.5 Å². The van der Waals surface area contributed by atoms with Gasteiger partial charge in [-0.1, -0.05) is 6.07 Å². The molecule has 0 bridgehead atoms. The fourth-order valence-corrected chi connectivity index (χ4v) is 2.97. The molecule has 1 aromatic carbocycles. The lowest BCUT2D eigenvalue weighted by molar-refractivity contribution is 0.454. The van der Waals surface area contributed by atoms with Crippen LogP contribution in [-0.4, -0.2) is 4.98 Å². The van der Waals surface area contributed by atoms with Crippen molar-refractivity contribution in [2.24, 2.45) is 5.73 Å². The molecule has 0 saturated heterocycles. The monoisotopic (exact) mass is 332 g/mol. The second kappa shape index (κ2) is 5.94. The Morgan fingerprint density at radius 1 is 1.15 bits per heavy atom. The molecule has 2 N–H and O–H groups in total. The molecule has 104 valence electrons. The first-order valence-electron chi connectivity index (χ1n) is 6.90. The van der Waals surface area contributed by atoms with E-state index in [1.807, 2.05) is 12.1 Å². The van der Waals surface area contributed by atoms with Gasteiger partial charge in [-0.25, -0.2) is 4.98 Å². The summed E-state index contributed by atoms with van der Waals surface area (Å²) in [5, 5.41) is 0. The van der Waals surface area contributed by atoms with E-state index < -0.39 is 0 Å². The van der Waals surface area contributed by atoms with E-state index in [1.54, 1.807) is 6.20 Å². The third-order valence-electron chi connectivity index (χ3n) is 3.65. The van der Waals surface area contributed by atoms with Crippen LogP contribution >= 0.6 is 15.9 Å². The van der Waals surface area contributed by atoms with E-state index in [0.717, 1.165) is 22.2 Å². The van der Waals surface area contributed by atoms with Gasteiger partial charge in [-0.3, -0.25) is 0 Å². The molecule has 1 aliphatic rings. The van der Waals surface area contributed by atoms with Crippen molar-refractivity contribution in [2.75, 3.05) is 0 Å². The summed E-state index contributed by atoms with van der Waals surface area (Å²) < 4.78 is 6.82. The van der Waals surface area contributed by atoms with Crippen molar-refractivity contribution in [1.82, 2.24) is 4.98 Å². The van der Waals surface area contributed by atoms with Crippen LogP contribution in [0.5, 0.6) is 11.6 Å². The van der Waals surface area contributed by atoms with Gasteiger partial charge in [0.25, 0.3) is 0 Å². The van der Waals surface area contributed by atoms with Crippen molar-refractivity contribution in [3.63, 3.8) is 0 Å². The van der Waals surface area contributed by atoms with Crippen LogP contribution in [0.2, 0.25) is 0 Å². The Hall–Kier alpha value is -1.39. The number of nitrogens with two attached hydrogens (primary N) is 1. The molecule has 0 atom stereocenters. The minimum Gasteiger partial charge on any atom is -0.439 e. The van der Waals surface area contributed by atoms with Crippen molar-refractivity contribution in [2.45, 2.75) is 32.2 Å². The third-order valence-corrected chi connectivity index (χ3v) is 4.08. The van der Waals surface area contributed by atoms with E-state index in [-0.39, 0.29) is 0 Å². The summed E-state index contributed by atoms with van der Waals surface area (Å²) in [6, 6.07) is 8.28. The molecule has 0 spiro atoms. The van der Waals surface area contributed by atoms with Gasteiger partial charge >= 0.3 is 0 Å². The van der Waals surface area contributed by atoms with Gasteiger partial charge in [0.05, 0.1) is 0 Å². The second-order valence-corrected chi connectivity index (χ2v) is 5.98. The summed E-state index contributed by atoms with van der Waals surface area (Å²) in [6.07, 6.45) is 6.61. The average molecular weight is 333 g/mol. The molecular formula is C16H17BrN2O. The van der Waals surface area contributed by atoms with Crippen LogP contribution in [0.15, 0.2) is 34.9 Å². The van der Waals surface area contributed by atoms with Gasteiger partial charge in [-0.15, -0.1) is 0 Å². The number of pyridine rings is 1. The molecule has 0 unspecified atom stereocenters. The fraction of sp³-hybridized carbons (Fsp3) is 0.312. The maximum absolute atomic E-state index is 5.91. The Morgan fingerprint density at radius 2 is 1.95 bits per heavy atom. The summed E-state index contributed by atoms with van der Waals surface area (Å²) in [5.74, 6) is 1.43. The number of hydrogen-bond acceptors (Lipinski definition) is 3. The van der Waals surface area contributed by atoms with E-state index in [4.69, 9.17) is 10.5 Å². The zero-order chi connectivity index (χ0) is 13.9.